The van der Waals surface area contributed by atoms with Gasteiger partial charge in [-0.05, 0) is 29.7 Å². The number of ether oxygens (including phenoxy) is 4. The van der Waals surface area contributed by atoms with Crippen molar-refractivity contribution in [3.8, 4) is 0 Å². The quantitative estimate of drug-likeness (QED) is 0.169. The van der Waals surface area contributed by atoms with Crippen molar-refractivity contribution in [1.82, 2.24) is 0 Å². The van der Waals surface area contributed by atoms with Gasteiger partial charge in [-0.2, -0.15) is 0 Å². The first-order chi connectivity index (χ1) is 17.6. The van der Waals surface area contributed by atoms with Gasteiger partial charge in [-0.15, -0.1) is 11.8 Å². The normalized spacial score (nSPS) is 23.9. The fourth-order valence-electron chi connectivity index (χ4n) is 4.02. The topological polar surface area (TPSA) is 74.2 Å². The summed E-state index contributed by atoms with van der Waals surface area (Å²) in [6, 6.07) is 19.7. The molecule has 0 unspecified atom stereocenters. The molecule has 0 aromatic heterocycles. The second-order valence-corrected chi connectivity index (χ2v) is 10.9. The Bertz CT molecular complexity index is 871. The lowest BCUT2D eigenvalue weighted by atomic mass is 9.99. The van der Waals surface area contributed by atoms with Crippen molar-refractivity contribution in [3.05, 3.63) is 71.8 Å². The molecule has 6 nitrogen and oxygen atoms in total. The third-order valence-corrected chi connectivity index (χ3v) is 7.55. The highest BCUT2D eigenvalue weighted by molar-refractivity contribution is 9.09. The number of esters is 1. The summed E-state index contributed by atoms with van der Waals surface area (Å²) in [5.41, 5.74) is 1.67. The minimum absolute atomic E-state index is 0.0180. The van der Waals surface area contributed by atoms with Gasteiger partial charge in [0.1, 0.15) is 36.5 Å². The van der Waals surface area contributed by atoms with Crippen LogP contribution in [0.5, 0.6) is 0 Å². The minimum Gasteiger partial charge on any atom is -0.463 e. The summed E-state index contributed by atoms with van der Waals surface area (Å²) in [6.45, 7) is 2.74. The van der Waals surface area contributed by atoms with Crippen LogP contribution in [0.25, 0.3) is 0 Å². The lowest BCUT2D eigenvalue weighted by Gasteiger charge is -2.44. The molecule has 0 saturated carbocycles. The number of aliphatic hydroxyl groups is 1. The van der Waals surface area contributed by atoms with Crippen molar-refractivity contribution in [2.75, 3.05) is 17.7 Å². The van der Waals surface area contributed by atoms with Gasteiger partial charge < -0.3 is 24.1 Å². The van der Waals surface area contributed by atoms with Gasteiger partial charge in [0, 0.05) is 11.8 Å². The van der Waals surface area contributed by atoms with E-state index in [1.54, 1.807) is 11.8 Å². The Morgan fingerprint density at radius 3 is 2.14 bits per heavy atom. The van der Waals surface area contributed by atoms with E-state index in [0.717, 1.165) is 41.5 Å². The third-order valence-electron chi connectivity index (χ3n) is 5.94. The molecule has 2 aromatic rings. The second-order valence-electron chi connectivity index (χ2n) is 8.69. The Hall–Kier alpha value is -1.42. The van der Waals surface area contributed by atoms with Crippen molar-refractivity contribution in [2.45, 2.75) is 75.7 Å². The minimum atomic E-state index is -1.01. The molecule has 0 spiro atoms. The molecule has 0 bridgehead atoms. The van der Waals surface area contributed by atoms with Crippen molar-refractivity contribution in [2.24, 2.45) is 0 Å². The highest BCUT2D eigenvalue weighted by atomic mass is 79.9. The summed E-state index contributed by atoms with van der Waals surface area (Å²) in [5, 5.41) is 12.2. The maximum absolute atomic E-state index is 12.2. The summed E-state index contributed by atoms with van der Waals surface area (Å²) in [4.78, 5) is 12.2. The number of carbonyl (C=O) groups excluding carboxylic acids is 1. The Labute approximate surface area is 227 Å². The summed E-state index contributed by atoms with van der Waals surface area (Å²) < 4.78 is 24.3. The van der Waals surface area contributed by atoms with Gasteiger partial charge in [0.2, 0.25) is 0 Å². The zero-order valence-corrected chi connectivity index (χ0v) is 23.2. The average Bonchev–Trinajstić information content (AvgIpc) is 2.91. The Balaban J connectivity index is 1.68. The number of aliphatic hydroxyl groups excluding tert-OH is 1. The molecule has 36 heavy (non-hydrogen) atoms. The summed E-state index contributed by atoms with van der Waals surface area (Å²) in [7, 11) is 0. The van der Waals surface area contributed by atoms with E-state index in [0.29, 0.717) is 19.6 Å². The average molecular weight is 582 g/mol. The molecule has 8 heteroatoms. The van der Waals surface area contributed by atoms with E-state index < -0.39 is 24.4 Å². The highest BCUT2D eigenvalue weighted by Gasteiger charge is 2.47. The molecule has 0 radical (unpaired) electrons. The van der Waals surface area contributed by atoms with Crippen LogP contribution in [-0.2, 0) is 37.0 Å². The Kier molecular flexibility index (Phi) is 13.3. The SMILES string of the molecule is CCS[C@@H]1O[C@H](COC(=O)CCCCCBr)[C@@H](O)[C@H](OCc2ccccc2)[C@H]1OCc1ccccc1. The Morgan fingerprint density at radius 2 is 1.56 bits per heavy atom. The molecule has 1 aliphatic heterocycles. The summed E-state index contributed by atoms with van der Waals surface area (Å²) in [5.74, 6) is 0.529. The van der Waals surface area contributed by atoms with Crippen molar-refractivity contribution >= 4 is 33.7 Å². The highest BCUT2D eigenvalue weighted by Crippen LogP contribution is 2.33. The fourth-order valence-corrected chi connectivity index (χ4v) is 5.38. The van der Waals surface area contributed by atoms with E-state index in [1.807, 2.05) is 60.7 Å². The van der Waals surface area contributed by atoms with E-state index in [4.69, 9.17) is 18.9 Å². The van der Waals surface area contributed by atoms with Gasteiger partial charge in [0.15, 0.2) is 0 Å². The number of rotatable bonds is 15. The van der Waals surface area contributed by atoms with Crippen LogP contribution in [0, 0.1) is 0 Å². The van der Waals surface area contributed by atoms with E-state index >= 15 is 0 Å². The predicted octanol–water partition coefficient (Wildman–Crippen LogP) is 5.49. The predicted molar refractivity (Wildman–Crippen MR) is 146 cm³/mol. The molecular formula is C28H37BrO6S. The van der Waals surface area contributed by atoms with Crippen LogP contribution in [0.3, 0.4) is 0 Å². The van der Waals surface area contributed by atoms with E-state index in [1.165, 1.54) is 0 Å². The molecule has 1 heterocycles. The lowest BCUT2D eigenvalue weighted by molar-refractivity contribution is -0.239. The van der Waals surface area contributed by atoms with E-state index in [2.05, 4.69) is 22.9 Å². The number of benzene rings is 2. The van der Waals surface area contributed by atoms with Gasteiger partial charge in [0.05, 0.1) is 13.2 Å². The lowest BCUT2D eigenvalue weighted by Crippen LogP contribution is -2.59. The zero-order valence-electron chi connectivity index (χ0n) is 20.8. The number of carbonyl (C=O) groups is 1. The van der Waals surface area contributed by atoms with Crippen molar-refractivity contribution in [3.63, 3.8) is 0 Å². The van der Waals surface area contributed by atoms with Crippen molar-refractivity contribution < 1.29 is 28.8 Å². The monoisotopic (exact) mass is 580 g/mol. The van der Waals surface area contributed by atoms with Crippen molar-refractivity contribution in [1.29, 1.82) is 0 Å². The maximum Gasteiger partial charge on any atom is 0.305 e. The van der Waals surface area contributed by atoms with Crippen LogP contribution < -0.4 is 0 Å². The molecule has 0 aliphatic carbocycles. The van der Waals surface area contributed by atoms with Gasteiger partial charge in [-0.1, -0.05) is 89.9 Å². The summed E-state index contributed by atoms with van der Waals surface area (Å²) in [6.07, 6.45) is 0.290. The van der Waals surface area contributed by atoms with E-state index in [-0.39, 0.29) is 18.0 Å². The molecule has 1 saturated heterocycles. The number of hydrogen-bond acceptors (Lipinski definition) is 7. The van der Waals surface area contributed by atoms with Crippen LogP contribution in [-0.4, -0.2) is 58.6 Å². The Morgan fingerprint density at radius 1 is 0.944 bits per heavy atom. The van der Waals surface area contributed by atoms with Gasteiger partial charge in [-0.3, -0.25) is 4.79 Å². The molecule has 1 N–H and O–H groups in total. The number of unbranched alkanes of at least 4 members (excludes halogenated alkanes) is 2. The number of halogens is 1. The first-order valence-corrected chi connectivity index (χ1v) is 14.8. The molecule has 3 rings (SSSR count). The second kappa shape index (κ2) is 16.4. The number of hydrogen-bond donors (Lipinski definition) is 1. The zero-order chi connectivity index (χ0) is 25.6. The fraction of sp³-hybridized carbons (Fsp3) is 0.536. The molecule has 2 aromatic carbocycles. The van der Waals surface area contributed by atoms with Gasteiger partial charge in [0.25, 0.3) is 0 Å². The molecule has 198 valence electrons. The van der Waals surface area contributed by atoms with Crippen LogP contribution in [0.2, 0.25) is 0 Å². The third kappa shape index (κ3) is 9.47. The number of alkyl halides is 1. The van der Waals surface area contributed by atoms with Crippen LogP contribution in [0.1, 0.15) is 43.7 Å². The largest absolute Gasteiger partial charge is 0.463 e. The first kappa shape index (κ1) is 29.1. The van der Waals surface area contributed by atoms with Crippen LogP contribution in [0.15, 0.2) is 60.7 Å². The van der Waals surface area contributed by atoms with Gasteiger partial charge in [-0.25, -0.2) is 0 Å². The first-order valence-electron chi connectivity index (χ1n) is 12.6. The van der Waals surface area contributed by atoms with Crippen LogP contribution >= 0.6 is 27.7 Å². The maximum atomic E-state index is 12.2. The smallest absolute Gasteiger partial charge is 0.305 e. The molecule has 0 amide bonds. The van der Waals surface area contributed by atoms with Gasteiger partial charge >= 0.3 is 5.97 Å². The standard InChI is InChI=1S/C28H37BrO6S/c1-2-36-28-27(34-19-22-14-8-4-9-15-22)26(33-18-21-12-6-3-7-13-21)25(31)23(35-28)20-32-24(30)16-10-5-11-17-29/h3-4,6-9,12-15,23,25-28,31H,2,5,10-11,16-20H2,1H3/t23-,25-,26+,27-,28+/m1/s1. The summed E-state index contributed by atoms with van der Waals surface area (Å²) >= 11 is 5.00. The molecule has 1 fully saturated rings. The molecule has 5 atom stereocenters. The van der Waals surface area contributed by atoms with Crippen LogP contribution in [0.4, 0.5) is 0 Å². The number of thioether (sulfide) groups is 1. The van der Waals surface area contributed by atoms with E-state index in [9.17, 15) is 9.90 Å². The molecular weight excluding hydrogens is 544 g/mol. The molecule has 1 aliphatic rings.